The summed E-state index contributed by atoms with van der Waals surface area (Å²) >= 11 is 0. The lowest BCUT2D eigenvalue weighted by Crippen LogP contribution is -2.25. The third-order valence-electron chi connectivity index (χ3n) is 5.92. The van der Waals surface area contributed by atoms with Crippen molar-refractivity contribution in [3.8, 4) is 5.69 Å². The second kappa shape index (κ2) is 8.54. The van der Waals surface area contributed by atoms with E-state index in [1.54, 1.807) is 16.8 Å². The second-order valence-electron chi connectivity index (χ2n) is 8.17. The first-order chi connectivity index (χ1) is 16.3. The highest BCUT2D eigenvalue weighted by Crippen LogP contribution is 2.29. The number of fused-ring (bicyclic) bond motifs is 2. The Kier molecular flexibility index (Phi) is 5.54. The first-order valence-electron chi connectivity index (χ1n) is 10.9. The van der Waals surface area contributed by atoms with E-state index < -0.39 is 17.6 Å². The number of hydrogen-bond donors (Lipinski definition) is 1. The van der Waals surface area contributed by atoms with E-state index >= 15 is 0 Å². The van der Waals surface area contributed by atoms with Gasteiger partial charge < -0.3 is 5.32 Å². The van der Waals surface area contributed by atoms with Gasteiger partial charge in [0, 0.05) is 17.5 Å². The normalized spacial score (nSPS) is 14.1. The van der Waals surface area contributed by atoms with Crippen LogP contribution in [-0.4, -0.2) is 30.3 Å². The smallest absolute Gasteiger partial charge is 0.343 e. The molecule has 0 fully saturated rings. The zero-order valence-electron chi connectivity index (χ0n) is 17.9. The van der Waals surface area contributed by atoms with Gasteiger partial charge in [0.15, 0.2) is 17.2 Å². The fourth-order valence-corrected chi connectivity index (χ4v) is 4.22. The molecule has 34 heavy (non-hydrogen) atoms. The summed E-state index contributed by atoms with van der Waals surface area (Å²) in [6.45, 7) is -0.126. The number of nitrogens with zero attached hydrogens (tertiary/aromatic N) is 5. The van der Waals surface area contributed by atoms with Crippen molar-refractivity contribution in [1.82, 2.24) is 29.7 Å². The van der Waals surface area contributed by atoms with Crippen molar-refractivity contribution in [3.63, 3.8) is 0 Å². The number of rotatable bonds is 4. The van der Waals surface area contributed by atoms with Crippen LogP contribution in [0.5, 0.6) is 0 Å². The highest BCUT2D eigenvalue weighted by atomic mass is 19.4. The van der Waals surface area contributed by atoms with Crippen LogP contribution in [0.4, 0.5) is 17.6 Å². The molecule has 0 spiro atoms. The molecule has 0 saturated heterocycles. The topological polar surface area (TPSA) is 77.1 Å². The largest absolute Gasteiger partial charge is 0.417 e. The molecule has 0 aliphatic heterocycles. The Labute approximate surface area is 191 Å². The Hall–Kier alpha value is -3.76. The average molecular weight is 472 g/mol. The third-order valence-corrected chi connectivity index (χ3v) is 5.92. The molecule has 0 atom stereocenters. The fraction of sp³-hybridized carbons (Fsp3) is 0.304. The van der Waals surface area contributed by atoms with E-state index in [0.29, 0.717) is 12.1 Å². The van der Waals surface area contributed by atoms with Crippen molar-refractivity contribution in [2.24, 2.45) is 0 Å². The predicted molar refractivity (Wildman–Crippen MR) is 114 cm³/mol. The van der Waals surface area contributed by atoms with Gasteiger partial charge in [0.1, 0.15) is 5.82 Å². The first-order valence-corrected chi connectivity index (χ1v) is 10.9. The van der Waals surface area contributed by atoms with Crippen LogP contribution in [0.2, 0.25) is 0 Å². The number of halogens is 4. The zero-order chi connectivity index (χ0) is 23.9. The number of amides is 1. The maximum atomic E-state index is 13.4. The lowest BCUT2D eigenvalue weighted by atomic mass is 10.1. The minimum Gasteiger partial charge on any atom is -0.343 e. The standard InChI is InChI=1S/C23H20F4N6O/c24-15-7-9-16(10-8-15)33-18-5-3-1-2-4-17(18)21(31-33)22(34)28-12-20-30-29-19-11-6-14(13-32(19)20)23(25,26)27/h6-11,13H,1-5,12H2,(H,28,34). The van der Waals surface area contributed by atoms with Crippen molar-refractivity contribution >= 4 is 11.6 Å². The Balaban J connectivity index is 1.44. The van der Waals surface area contributed by atoms with Gasteiger partial charge in [0.2, 0.25) is 0 Å². The van der Waals surface area contributed by atoms with Crippen LogP contribution in [0.25, 0.3) is 11.3 Å². The summed E-state index contributed by atoms with van der Waals surface area (Å²) in [7, 11) is 0. The summed E-state index contributed by atoms with van der Waals surface area (Å²) in [5, 5.41) is 15.0. The molecule has 1 aromatic carbocycles. The van der Waals surface area contributed by atoms with Crippen molar-refractivity contribution in [2.45, 2.75) is 44.8 Å². The van der Waals surface area contributed by atoms with E-state index in [-0.39, 0.29) is 29.5 Å². The molecule has 3 heterocycles. The molecule has 0 unspecified atom stereocenters. The third kappa shape index (κ3) is 4.13. The van der Waals surface area contributed by atoms with E-state index in [0.717, 1.165) is 49.2 Å². The summed E-state index contributed by atoms with van der Waals surface area (Å²) in [5.41, 5.74) is 2.07. The lowest BCUT2D eigenvalue weighted by Gasteiger charge is -2.08. The summed E-state index contributed by atoms with van der Waals surface area (Å²) in [6, 6.07) is 8.05. The highest BCUT2D eigenvalue weighted by Gasteiger charge is 2.31. The summed E-state index contributed by atoms with van der Waals surface area (Å²) < 4.78 is 55.6. The molecule has 1 aliphatic rings. The second-order valence-corrected chi connectivity index (χ2v) is 8.17. The molecule has 0 bridgehead atoms. The van der Waals surface area contributed by atoms with E-state index in [1.807, 2.05) is 0 Å². The number of nitrogens with one attached hydrogen (secondary N) is 1. The summed E-state index contributed by atoms with van der Waals surface area (Å²) in [6.07, 6.45) is 0.706. The zero-order valence-corrected chi connectivity index (χ0v) is 17.9. The maximum Gasteiger partial charge on any atom is 0.417 e. The molecule has 11 heteroatoms. The number of carbonyl (C=O) groups is 1. The van der Waals surface area contributed by atoms with Crippen molar-refractivity contribution in [2.75, 3.05) is 0 Å². The maximum absolute atomic E-state index is 13.4. The number of hydrogen-bond acceptors (Lipinski definition) is 4. The van der Waals surface area contributed by atoms with Gasteiger partial charge in [-0.3, -0.25) is 9.20 Å². The van der Waals surface area contributed by atoms with Gasteiger partial charge in [-0.1, -0.05) is 6.42 Å². The van der Waals surface area contributed by atoms with Crippen LogP contribution in [-0.2, 0) is 25.6 Å². The molecule has 5 rings (SSSR count). The van der Waals surface area contributed by atoms with Gasteiger partial charge in [-0.15, -0.1) is 10.2 Å². The molecule has 1 amide bonds. The monoisotopic (exact) mass is 472 g/mol. The summed E-state index contributed by atoms with van der Waals surface area (Å²) in [5.74, 6) is -0.657. The Morgan fingerprint density at radius 3 is 2.53 bits per heavy atom. The molecule has 176 valence electrons. The molecular weight excluding hydrogens is 452 g/mol. The Bertz CT molecular complexity index is 1360. The van der Waals surface area contributed by atoms with Gasteiger partial charge in [0.25, 0.3) is 5.91 Å². The van der Waals surface area contributed by atoms with Gasteiger partial charge in [-0.25, -0.2) is 9.07 Å². The van der Waals surface area contributed by atoms with Crippen molar-refractivity contribution in [3.05, 3.63) is 76.8 Å². The number of pyridine rings is 1. The molecule has 3 aromatic heterocycles. The SMILES string of the molecule is O=C(NCc1nnc2ccc(C(F)(F)F)cn12)c1nn(-c2ccc(F)cc2)c2c1CCCCC2. The Morgan fingerprint density at radius 2 is 1.76 bits per heavy atom. The molecule has 0 radical (unpaired) electrons. The number of benzene rings is 1. The molecular formula is C23H20F4N6O. The van der Waals surface area contributed by atoms with Gasteiger partial charge in [-0.05, 0) is 62.1 Å². The van der Waals surface area contributed by atoms with Crippen LogP contribution in [0.15, 0.2) is 42.6 Å². The quantitative estimate of drug-likeness (QED) is 0.356. The van der Waals surface area contributed by atoms with Crippen LogP contribution in [0.1, 0.15) is 52.4 Å². The lowest BCUT2D eigenvalue weighted by molar-refractivity contribution is -0.137. The van der Waals surface area contributed by atoms with Gasteiger partial charge in [-0.2, -0.15) is 18.3 Å². The van der Waals surface area contributed by atoms with Crippen LogP contribution >= 0.6 is 0 Å². The number of alkyl halides is 3. The Morgan fingerprint density at radius 1 is 1.00 bits per heavy atom. The minimum absolute atomic E-state index is 0.126. The molecule has 1 aliphatic carbocycles. The van der Waals surface area contributed by atoms with E-state index in [1.165, 1.54) is 22.6 Å². The predicted octanol–water partition coefficient (Wildman–Crippen LogP) is 4.27. The molecule has 4 aromatic rings. The minimum atomic E-state index is -4.51. The number of carbonyl (C=O) groups excluding carboxylic acids is 1. The van der Waals surface area contributed by atoms with Crippen molar-refractivity contribution in [1.29, 1.82) is 0 Å². The summed E-state index contributed by atoms with van der Waals surface area (Å²) in [4.78, 5) is 13.1. The van der Waals surface area contributed by atoms with E-state index in [4.69, 9.17) is 0 Å². The van der Waals surface area contributed by atoms with Crippen LogP contribution in [0.3, 0.4) is 0 Å². The van der Waals surface area contributed by atoms with Gasteiger partial charge in [0.05, 0.1) is 17.8 Å². The molecule has 0 saturated carbocycles. The van der Waals surface area contributed by atoms with Gasteiger partial charge >= 0.3 is 6.18 Å². The van der Waals surface area contributed by atoms with Crippen LogP contribution < -0.4 is 5.32 Å². The number of aromatic nitrogens is 5. The molecule has 7 nitrogen and oxygen atoms in total. The first kappa shape index (κ1) is 22.1. The highest BCUT2D eigenvalue weighted by molar-refractivity contribution is 5.94. The fourth-order valence-electron chi connectivity index (χ4n) is 4.22. The van der Waals surface area contributed by atoms with Crippen molar-refractivity contribution < 1.29 is 22.4 Å². The average Bonchev–Trinajstić information content (AvgIpc) is 3.29. The van der Waals surface area contributed by atoms with Crippen LogP contribution in [0, 0.1) is 5.82 Å². The van der Waals surface area contributed by atoms with E-state index in [9.17, 15) is 22.4 Å². The van der Waals surface area contributed by atoms with E-state index in [2.05, 4.69) is 20.6 Å². The molecule has 1 N–H and O–H groups in total.